The number of hydrogen-bond donors (Lipinski definition) is 0. The molecule has 1 saturated heterocycles. The van der Waals surface area contributed by atoms with Crippen LogP contribution in [0.25, 0.3) is 0 Å². The van der Waals surface area contributed by atoms with Crippen LogP contribution in [-0.2, 0) is 0 Å². The Bertz CT molecular complexity index is 431. The van der Waals surface area contributed by atoms with Gasteiger partial charge in [-0.15, -0.1) is 11.6 Å². The van der Waals surface area contributed by atoms with Crippen molar-refractivity contribution in [3.63, 3.8) is 0 Å². The molecule has 0 bridgehead atoms. The van der Waals surface area contributed by atoms with Crippen LogP contribution in [-0.4, -0.2) is 29.3 Å². The van der Waals surface area contributed by atoms with E-state index in [-0.39, 0.29) is 16.8 Å². The molecule has 2 rings (SSSR count). The topological polar surface area (TPSA) is 20.3 Å². The lowest BCUT2D eigenvalue weighted by atomic mass is 10.1. The van der Waals surface area contributed by atoms with Crippen molar-refractivity contribution in [3.05, 3.63) is 34.6 Å². The predicted molar refractivity (Wildman–Crippen MR) is 66.2 cm³/mol. The van der Waals surface area contributed by atoms with E-state index in [0.29, 0.717) is 18.1 Å². The Morgan fingerprint density at radius 3 is 2.65 bits per heavy atom. The van der Waals surface area contributed by atoms with Gasteiger partial charge >= 0.3 is 0 Å². The maximum Gasteiger partial charge on any atom is 0.256 e. The summed E-state index contributed by atoms with van der Waals surface area (Å²) in [6.45, 7) is 1.14. The van der Waals surface area contributed by atoms with Crippen molar-refractivity contribution in [2.45, 2.75) is 18.2 Å². The molecule has 1 aliphatic rings. The summed E-state index contributed by atoms with van der Waals surface area (Å²) < 4.78 is 13.5. The van der Waals surface area contributed by atoms with Crippen LogP contribution in [0.1, 0.15) is 23.2 Å². The summed E-state index contributed by atoms with van der Waals surface area (Å²) in [4.78, 5) is 13.7. The minimum absolute atomic E-state index is 0.0329. The largest absolute Gasteiger partial charge is 0.338 e. The third-order valence-electron chi connectivity index (χ3n) is 2.87. The second-order valence-electron chi connectivity index (χ2n) is 4.09. The highest BCUT2D eigenvalue weighted by molar-refractivity contribution is 6.31. The van der Waals surface area contributed by atoms with Gasteiger partial charge in [0.2, 0.25) is 0 Å². The fraction of sp³-hybridized carbons (Fsp3) is 0.417. The maximum atomic E-state index is 13.5. The van der Waals surface area contributed by atoms with Crippen LogP contribution in [0.4, 0.5) is 4.39 Å². The zero-order chi connectivity index (χ0) is 12.4. The van der Waals surface area contributed by atoms with Crippen molar-refractivity contribution in [2.24, 2.45) is 0 Å². The average Bonchev–Trinajstić information content (AvgIpc) is 2.32. The number of benzene rings is 1. The van der Waals surface area contributed by atoms with Gasteiger partial charge in [-0.25, -0.2) is 4.39 Å². The van der Waals surface area contributed by atoms with Crippen molar-refractivity contribution in [2.75, 3.05) is 13.1 Å². The highest BCUT2D eigenvalue weighted by Crippen LogP contribution is 2.21. The summed E-state index contributed by atoms with van der Waals surface area (Å²) in [5.74, 6) is -0.846. The molecule has 92 valence electrons. The number of alkyl halides is 1. The van der Waals surface area contributed by atoms with Gasteiger partial charge in [0.15, 0.2) is 0 Å². The molecule has 1 aromatic rings. The molecule has 1 fully saturated rings. The number of piperidine rings is 1. The van der Waals surface area contributed by atoms with E-state index >= 15 is 0 Å². The zero-order valence-corrected chi connectivity index (χ0v) is 10.6. The van der Waals surface area contributed by atoms with E-state index in [1.54, 1.807) is 4.90 Å². The molecule has 1 heterocycles. The first-order valence-corrected chi connectivity index (χ1v) is 6.28. The molecule has 0 saturated carbocycles. The number of halogens is 3. The molecule has 0 unspecified atom stereocenters. The minimum Gasteiger partial charge on any atom is -0.338 e. The quantitative estimate of drug-likeness (QED) is 0.720. The van der Waals surface area contributed by atoms with Gasteiger partial charge < -0.3 is 4.90 Å². The summed E-state index contributed by atoms with van der Waals surface area (Å²) in [6.07, 6.45) is 1.49. The Hall–Kier alpha value is -0.800. The first kappa shape index (κ1) is 12.7. The van der Waals surface area contributed by atoms with Crippen LogP contribution in [0.15, 0.2) is 18.2 Å². The number of nitrogens with zero attached hydrogens (tertiary/aromatic N) is 1. The first-order valence-electron chi connectivity index (χ1n) is 5.46. The number of amides is 1. The Labute approximate surface area is 109 Å². The van der Waals surface area contributed by atoms with Crippen LogP contribution >= 0.6 is 23.2 Å². The summed E-state index contributed by atoms with van der Waals surface area (Å²) in [5.41, 5.74) is 0.0329. The molecule has 0 spiro atoms. The van der Waals surface area contributed by atoms with Crippen molar-refractivity contribution in [3.8, 4) is 0 Å². The van der Waals surface area contributed by atoms with Gasteiger partial charge in [-0.05, 0) is 31.0 Å². The molecule has 1 amide bonds. The molecule has 0 N–H and O–H groups in total. The molecule has 0 aliphatic carbocycles. The van der Waals surface area contributed by atoms with Crippen molar-refractivity contribution in [1.82, 2.24) is 4.90 Å². The summed E-state index contributed by atoms with van der Waals surface area (Å²) in [7, 11) is 0. The zero-order valence-electron chi connectivity index (χ0n) is 9.13. The Morgan fingerprint density at radius 2 is 2.00 bits per heavy atom. The molecule has 17 heavy (non-hydrogen) atoms. The normalized spacial score (nSPS) is 17.2. The highest BCUT2D eigenvalue weighted by atomic mass is 35.5. The fourth-order valence-corrected chi connectivity index (χ4v) is 2.25. The number of carbonyl (C=O) groups is 1. The molecular formula is C12H12Cl2FNO. The third kappa shape index (κ3) is 2.90. The SMILES string of the molecule is O=C(c1cc(Cl)ccc1F)N1CCC(Cl)CC1. The summed E-state index contributed by atoms with van der Waals surface area (Å²) >= 11 is 11.7. The van der Waals surface area contributed by atoms with Crippen molar-refractivity contribution < 1.29 is 9.18 Å². The Morgan fingerprint density at radius 1 is 1.35 bits per heavy atom. The van der Waals surface area contributed by atoms with E-state index < -0.39 is 5.82 Å². The second-order valence-corrected chi connectivity index (χ2v) is 5.14. The molecule has 0 radical (unpaired) electrons. The Balaban J connectivity index is 2.16. The number of carbonyl (C=O) groups excluding carboxylic acids is 1. The van der Waals surface area contributed by atoms with E-state index in [9.17, 15) is 9.18 Å². The van der Waals surface area contributed by atoms with Crippen LogP contribution < -0.4 is 0 Å². The van der Waals surface area contributed by atoms with E-state index in [1.165, 1.54) is 18.2 Å². The van der Waals surface area contributed by atoms with Crippen LogP contribution in [0.5, 0.6) is 0 Å². The highest BCUT2D eigenvalue weighted by Gasteiger charge is 2.24. The van der Waals surface area contributed by atoms with Gasteiger partial charge in [0.05, 0.1) is 5.56 Å². The smallest absolute Gasteiger partial charge is 0.256 e. The minimum atomic E-state index is -0.535. The van der Waals surface area contributed by atoms with Crippen LogP contribution in [0.2, 0.25) is 5.02 Å². The van der Waals surface area contributed by atoms with Crippen LogP contribution in [0, 0.1) is 5.82 Å². The molecule has 2 nitrogen and oxygen atoms in total. The van der Waals surface area contributed by atoms with Gasteiger partial charge in [0.1, 0.15) is 5.82 Å². The van der Waals surface area contributed by atoms with Crippen molar-refractivity contribution >= 4 is 29.1 Å². The van der Waals surface area contributed by atoms with E-state index in [4.69, 9.17) is 23.2 Å². The third-order valence-corrected chi connectivity index (χ3v) is 3.54. The van der Waals surface area contributed by atoms with Gasteiger partial charge in [-0.2, -0.15) is 0 Å². The Kier molecular flexibility index (Phi) is 3.89. The lowest BCUT2D eigenvalue weighted by molar-refractivity contribution is 0.0722. The van der Waals surface area contributed by atoms with Crippen molar-refractivity contribution in [1.29, 1.82) is 0 Å². The molecule has 0 aromatic heterocycles. The van der Waals surface area contributed by atoms with E-state index in [1.807, 2.05) is 0 Å². The summed E-state index contributed by atoms with van der Waals surface area (Å²) in [6, 6.07) is 4.01. The standard InChI is InChI=1S/C12H12Cl2FNO/c13-8-3-5-16(6-4-8)12(17)10-7-9(14)1-2-11(10)15/h1-2,7-8H,3-6H2. The van der Waals surface area contributed by atoms with Gasteiger partial charge in [0.25, 0.3) is 5.91 Å². The van der Waals surface area contributed by atoms with Crippen LogP contribution in [0.3, 0.4) is 0 Å². The first-order chi connectivity index (χ1) is 8.08. The summed E-state index contributed by atoms with van der Waals surface area (Å²) in [5, 5.41) is 0.477. The molecule has 0 atom stereocenters. The van der Waals surface area contributed by atoms with Gasteiger partial charge in [-0.1, -0.05) is 11.6 Å². The van der Waals surface area contributed by atoms with Gasteiger partial charge in [-0.3, -0.25) is 4.79 Å². The molecule has 1 aliphatic heterocycles. The second kappa shape index (κ2) is 5.23. The molecule has 1 aromatic carbocycles. The number of hydrogen-bond acceptors (Lipinski definition) is 1. The predicted octanol–water partition coefficient (Wildman–Crippen LogP) is 3.32. The fourth-order valence-electron chi connectivity index (χ4n) is 1.88. The number of likely N-dealkylation sites (tertiary alicyclic amines) is 1. The van der Waals surface area contributed by atoms with Gasteiger partial charge in [0, 0.05) is 23.5 Å². The lowest BCUT2D eigenvalue weighted by Gasteiger charge is -2.29. The maximum absolute atomic E-state index is 13.5. The monoisotopic (exact) mass is 275 g/mol. The molecular weight excluding hydrogens is 264 g/mol. The van der Waals surface area contributed by atoms with E-state index in [2.05, 4.69) is 0 Å². The lowest BCUT2D eigenvalue weighted by Crippen LogP contribution is -2.39. The average molecular weight is 276 g/mol. The number of rotatable bonds is 1. The van der Waals surface area contributed by atoms with E-state index in [0.717, 1.165) is 12.8 Å². The molecule has 5 heteroatoms.